The van der Waals surface area contributed by atoms with Crippen LogP contribution in [0.15, 0.2) is 30.3 Å². The Labute approximate surface area is 135 Å². The van der Waals surface area contributed by atoms with Crippen molar-refractivity contribution in [1.29, 1.82) is 0 Å². The third-order valence-electron chi connectivity index (χ3n) is 3.97. The minimum Gasteiger partial charge on any atom is -0.443 e. The highest BCUT2D eigenvalue weighted by Crippen LogP contribution is 2.36. The van der Waals surface area contributed by atoms with Crippen molar-refractivity contribution in [3.63, 3.8) is 0 Å². The molecule has 0 saturated heterocycles. The largest absolute Gasteiger partial charge is 0.443 e. The molecule has 0 amide bonds. The van der Waals surface area contributed by atoms with Crippen LogP contribution in [0.3, 0.4) is 0 Å². The molecular formula is C18H26O3Si. The van der Waals surface area contributed by atoms with Crippen LogP contribution in [0.5, 0.6) is 0 Å². The lowest BCUT2D eigenvalue weighted by Gasteiger charge is -2.36. The average molecular weight is 318 g/mol. The second kappa shape index (κ2) is 7.62. The van der Waals surface area contributed by atoms with Crippen molar-refractivity contribution in [2.75, 3.05) is 6.61 Å². The summed E-state index contributed by atoms with van der Waals surface area (Å²) in [5.74, 6) is 5.35. The first-order chi connectivity index (χ1) is 10.2. The molecule has 22 heavy (non-hydrogen) atoms. The normalized spacial score (nSPS) is 13.0. The van der Waals surface area contributed by atoms with Gasteiger partial charge in [0, 0.05) is 0 Å². The summed E-state index contributed by atoms with van der Waals surface area (Å²) < 4.78 is 11.6. The zero-order valence-electron chi connectivity index (χ0n) is 14.4. The van der Waals surface area contributed by atoms with Gasteiger partial charge >= 0.3 is 5.97 Å². The zero-order chi connectivity index (χ0) is 16.8. The van der Waals surface area contributed by atoms with Gasteiger partial charge in [-0.25, -0.2) is 4.79 Å². The van der Waals surface area contributed by atoms with Crippen LogP contribution >= 0.6 is 0 Å². The molecule has 0 N–H and O–H groups in total. The molecule has 120 valence electrons. The van der Waals surface area contributed by atoms with E-state index >= 15 is 0 Å². The Kier molecular flexibility index (Phi) is 6.40. The van der Waals surface area contributed by atoms with E-state index in [1.54, 1.807) is 19.1 Å². The lowest BCUT2D eigenvalue weighted by molar-refractivity contribution is 0.0306. The first-order valence-electron chi connectivity index (χ1n) is 7.49. The van der Waals surface area contributed by atoms with Crippen molar-refractivity contribution >= 4 is 14.3 Å². The molecule has 0 aliphatic carbocycles. The van der Waals surface area contributed by atoms with Crippen LogP contribution in [0.25, 0.3) is 0 Å². The maximum absolute atomic E-state index is 12.1. The molecule has 1 aromatic carbocycles. The van der Waals surface area contributed by atoms with Gasteiger partial charge in [0.2, 0.25) is 0 Å². The highest BCUT2D eigenvalue weighted by Gasteiger charge is 2.37. The van der Waals surface area contributed by atoms with Crippen LogP contribution in [-0.2, 0) is 9.16 Å². The second-order valence-corrected chi connectivity index (χ2v) is 11.5. The molecule has 0 heterocycles. The van der Waals surface area contributed by atoms with Gasteiger partial charge in [-0.05, 0) is 37.2 Å². The van der Waals surface area contributed by atoms with Crippen LogP contribution in [0.4, 0.5) is 0 Å². The van der Waals surface area contributed by atoms with Crippen LogP contribution in [0, 0.1) is 11.8 Å². The predicted molar refractivity (Wildman–Crippen MR) is 92.2 cm³/mol. The Morgan fingerprint density at radius 3 is 2.32 bits per heavy atom. The van der Waals surface area contributed by atoms with Gasteiger partial charge in [-0.15, -0.1) is 5.92 Å². The molecule has 0 spiro atoms. The summed E-state index contributed by atoms with van der Waals surface area (Å²) in [7, 11) is -1.89. The van der Waals surface area contributed by atoms with Gasteiger partial charge < -0.3 is 9.16 Å². The second-order valence-electron chi connectivity index (χ2n) is 6.73. The Hall–Kier alpha value is -1.57. The summed E-state index contributed by atoms with van der Waals surface area (Å²) in [4.78, 5) is 12.1. The van der Waals surface area contributed by atoms with E-state index in [9.17, 15) is 4.79 Å². The summed E-state index contributed by atoms with van der Waals surface area (Å²) in [6, 6.07) is 8.94. The highest BCUT2D eigenvalue weighted by atomic mass is 28.4. The van der Waals surface area contributed by atoms with Crippen molar-refractivity contribution in [3.8, 4) is 11.8 Å². The predicted octanol–water partition coefficient (Wildman–Crippen LogP) is 4.26. The van der Waals surface area contributed by atoms with Crippen molar-refractivity contribution in [2.24, 2.45) is 0 Å². The van der Waals surface area contributed by atoms with Crippen molar-refractivity contribution in [1.82, 2.24) is 0 Å². The fourth-order valence-electron chi connectivity index (χ4n) is 1.54. The van der Waals surface area contributed by atoms with Gasteiger partial charge in [0.1, 0.15) is 0 Å². The topological polar surface area (TPSA) is 35.5 Å². The Morgan fingerprint density at radius 2 is 1.82 bits per heavy atom. The quantitative estimate of drug-likeness (QED) is 0.462. The van der Waals surface area contributed by atoms with E-state index in [0.717, 1.165) is 0 Å². The molecule has 1 rings (SSSR count). The maximum Gasteiger partial charge on any atom is 0.339 e. The van der Waals surface area contributed by atoms with Crippen molar-refractivity contribution in [2.45, 2.75) is 51.9 Å². The molecule has 0 fully saturated rings. The van der Waals surface area contributed by atoms with Crippen LogP contribution in [0.1, 0.15) is 38.1 Å². The lowest BCUT2D eigenvalue weighted by Crippen LogP contribution is -2.43. The number of ether oxygens (including phenoxy) is 1. The molecule has 0 aliphatic heterocycles. The van der Waals surface area contributed by atoms with Gasteiger partial charge in [0.25, 0.3) is 0 Å². The van der Waals surface area contributed by atoms with Gasteiger partial charge in [-0.1, -0.05) is 44.9 Å². The van der Waals surface area contributed by atoms with Crippen LogP contribution in [0.2, 0.25) is 18.1 Å². The molecule has 3 nitrogen and oxygen atoms in total. The number of hydrogen-bond acceptors (Lipinski definition) is 3. The van der Waals surface area contributed by atoms with Gasteiger partial charge in [0.05, 0.1) is 12.2 Å². The molecule has 4 heteroatoms. The Balaban J connectivity index is 2.71. The SMILES string of the molecule is CC#C[C@H](CO[Si](C)(C)C(C)(C)C)OC(=O)c1ccccc1. The van der Waals surface area contributed by atoms with E-state index in [0.29, 0.717) is 12.2 Å². The molecule has 0 radical (unpaired) electrons. The molecule has 1 aromatic rings. The third-order valence-corrected chi connectivity index (χ3v) is 8.47. The highest BCUT2D eigenvalue weighted by molar-refractivity contribution is 6.74. The summed E-state index contributed by atoms with van der Waals surface area (Å²) in [5.41, 5.74) is 0.526. The number of carbonyl (C=O) groups is 1. The standard InChI is InChI=1S/C18H26O3Si/c1-7-11-16(14-20-22(5,6)18(2,3)4)21-17(19)15-12-9-8-10-13-15/h8-10,12-13,16H,14H2,1-6H3/t16-/m1/s1. The minimum atomic E-state index is -1.89. The molecule has 0 bridgehead atoms. The summed E-state index contributed by atoms with van der Waals surface area (Å²) in [6.07, 6.45) is -0.535. The Morgan fingerprint density at radius 1 is 1.23 bits per heavy atom. The fourth-order valence-corrected chi connectivity index (χ4v) is 2.54. The van der Waals surface area contributed by atoms with Gasteiger partial charge in [0.15, 0.2) is 14.4 Å². The summed E-state index contributed by atoms with van der Waals surface area (Å²) in [5, 5.41) is 0.112. The van der Waals surface area contributed by atoms with Crippen LogP contribution in [-0.4, -0.2) is 27.0 Å². The molecule has 0 aromatic heterocycles. The molecule has 0 unspecified atom stereocenters. The maximum atomic E-state index is 12.1. The monoisotopic (exact) mass is 318 g/mol. The molecular weight excluding hydrogens is 292 g/mol. The smallest absolute Gasteiger partial charge is 0.339 e. The summed E-state index contributed by atoms with van der Waals surface area (Å²) in [6.45, 7) is 12.9. The number of benzene rings is 1. The lowest BCUT2D eigenvalue weighted by atomic mass is 10.2. The van der Waals surface area contributed by atoms with Crippen molar-refractivity contribution < 1.29 is 14.0 Å². The fraction of sp³-hybridized carbons (Fsp3) is 0.500. The van der Waals surface area contributed by atoms with Crippen molar-refractivity contribution in [3.05, 3.63) is 35.9 Å². The molecule has 0 aliphatic rings. The molecule has 1 atom stereocenters. The Bertz CT molecular complexity index is 547. The minimum absolute atomic E-state index is 0.112. The van der Waals surface area contributed by atoms with E-state index in [1.165, 1.54) is 0 Å². The van der Waals surface area contributed by atoms with E-state index in [4.69, 9.17) is 9.16 Å². The third kappa shape index (κ3) is 5.32. The van der Waals surface area contributed by atoms with Crippen LogP contribution < -0.4 is 0 Å². The first-order valence-corrected chi connectivity index (χ1v) is 10.4. The van der Waals surface area contributed by atoms with Gasteiger partial charge in [-0.2, -0.15) is 0 Å². The van der Waals surface area contributed by atoms with E-state index in [-0.39, 0.29) is 11.0 Å². The number of hydrogen-bond donors (Lipinski definition) is 0. The number of carbonyl (C=O) groups excluding carboxylic acids is 1. The van der Waals surface area contributed by atoms with E-state index < -0.39 is 14.4 Å². The van der Waals surface area contributed by atoms with E-state index in [1.807, 2.05) is 18.2 Å². The first kappa shape index (κ1) is 18.5. The zero-order valence-corrected chi connectivity index (χ0v) is 15.4. The number of rotatable bonds is 5. The average Bonchev–Trinajstić information content (AvgIpc) is 2.44. The summed E-state index contributed by atoms with van der Waals surface area (Å²) >= 11 is 0. The number of esters is 1. The van der Waals surface area contributed by atoms with Gasteiger partial charge in [-0.3, -0.25) is 0 Å². The van der Waals surface area contributed by atoms with E-state index in [2.05, 4.69) is 45.7 Å². The molecule has 0 saturated carbocycles.